The lowest BCUT2D eigenvalue weighted by Gasteiger charge is -2.14. The SMILES string of the molecule is COC(OC)c1ccc(C(=O)NCCCOCCOCCOCCCN)cc1. The Bertz CT molecular complexity index is 508. The molecule has 8 heteroatoms. The number of rotatable bonds is 17. The molecular formula is C20H34N2O6. The van der Waals surface area contributed by atoms with Gasteiger partial charge in [-0.25, -0.2) is 0 Å². The molecule has 0 aliphatic rings. The monoisotopic (exact) mass is 398 g/mol. The van der Waals surface area contributed by atoms with Crippen LogP contribution in [0.15, 0.2) is 24.3 Å². The second kappa shape index (κ2) is 16.4. The normalized spacial score (nSPS) is 11.1. The lowest BCUT2D eigenvalue weighted by molar-refractivity contribution is -0.106. The van der Waals surface area contributed by atoms with Crippen LogP contribution in [0.3, 0.4) is 0 Å². The van der Waals surface area contributed by atoms with Crippen molar-refractivity contribution in [3.63, 3.8) is 0 Å². The summed E-state index contributed by atoms with van der Waals surface area (Å²) in [5.74, 6) is -0.115. The van der Waals surface area contributed by atoms with Gasteiger partial charge in [0.25, 0.3) is 5.91 Å². The van der Waals surface area contributed by atoms with E-state index >= 15 is 0 Å². The van der Waals surface area contributed by atoms with E-state index in [-0.39, 0.29) is 5.91 Å². The van der Waals surface area contributed by atoms with Crippen molar-refractivity contribution >= 4 is 5.91 Å². The molecule has 0 unspecified atom stereocenters. The lowest BCUT2D eigenvalue weighted by Crippen LogP contribution is -2.25. The number of nitrogens with one attached hydrogen (secondary N) is 1. The molecule has 1 aromatic carbocycles. The van der Waals surface area contributed by atoms with Crippen molar-refractivity contribution < 1.29 is 28.5 Å². The number of ether oxygens (including phenoxy) is 5. The molecule has 0 saturated carbocycles. The second-order valence-corrected chi connectivity index (χ2v) is 6.01. The van der Waals surface area contributed by atoms with Crippen LogP contribution >= 0.6 is 0 Å². The maximum Gasteiger partial charge on any atom is 0.251 e. The Balaban J connectivity index is 2.02. The zero-order chi connectivity index (χ0) is 20.5. The predicted octanol–water partition coefficient (Wildman–Crippen LogP) is 1.50. The highest BCUT2D eigenvalue weighted by atomic mass is 16.7. The standard InChI is InChI=1S/C20H34N2O6/c1-24-20(25-2)18-7-5-17(6-8-18)19(23)22-10-4-12-27-14-16-28-15-13-26-11-3-9-21/h5-8,20H,3-4,9-16,21H2,1-2H3,(H,22,23). The number of carbonyl (C=O) groups excluding carboxylic acids is 1. The molecule has 0 fully saturated rings. The van der Waals surface area contributed by atoms with Gasteiger partial charge < -0.3 is 34.7 Å². The maximum absolute atomic E-state index is 12.1. The fraction of sp³-hybridized carbons (Fsp3) is 0.650. The zero-order valence-corrected chi connectivity index (χ0v) is 17.0. The van der Waals surface area contributed by atoms with E-state index in [0.29, 0.717) is 58.3 Å². The minimum atomic E-state index is -0.429. The van der Waals surface area contributed by atoms with Crippen LogP contribution in [0.25, 0.3) is 0 Å². The van der Waals surface area contributed by atoms with Crippen LogP contribution in [0.5, 0.6) is 0 Å². The molecule has 0 saturated heterocycles. The van der Waals surface area contributed by atoms with Crippen LogP contribution in [-0.2, 0) is 23.7 Å². The number of benzene rings is 1. The molecule has 28 heavy (non-hydrogen) atoms. The number of carbonyl (C=O) groups is 1. The van der Waals surface area contributed by atoms with Crippen LogP contribution in [0.4, 0.5) is 0 Å². The third-order valence-electron chi connectivity index (χ3n) is 3.86. The molecule has 1 aromatic rings. The fourth-order valence-electron chi connectivity index (χ4n) is 2.37. The van der Waals surface area contributed by atoms with Crippen LogP contribution in [0.1, 0.15) is 35.1 Å². The summed E-state index contributed by atoms with van der Waals surface area (Å²) >= 11 is 0. The number of nitrogens with two attached hydrogens (primary N) is 1. The van der Waals surface area contributed by atoms with E-state index in [1.54, 1.807) is 26.4 Å². The van der Waals surface area contributed by atoms with Crippen molar-refractivity contribution in [2.45, 2.75) is 19.1 Å². The summed E-state index contributed by atoms with van der Waals surface area (Å²) in [5.41, 5.74) is 6.83. The average Bonchev–Trinajstić information content (AvgIpc) is 2.72. The molecule has 0 aromatic heterocycles. The van der Waals surface area contributed by atoms with Gasteiger partial charge in [0, 0.05) is 45.1 Å². The molecule has 0 spiro atoms. The number of hydrogen-bond acceptors (Lipinski definition) is 7. The van der Waals surface area contributed by atoms with Gasteiger partial charge in [0.15, 0.2) is 6.29 Å². The highest BCUT2D eigenvalue weighted by Gasteiger charge is 2.10. The molecular weight excluding hydrogens is 364 g/mol. The van der Waals surface area contributed by atoms with E-state index in [0.717, 1.165) is 18.4 Å². The minimum Gasteiger partial charge on any atom is -0.379 e. The van der Waals surface area contributed by atoms with E-state index in [1.807, 2.05) is 12.1 Å². The maximum atomic E-state index is 12.1. The quantitative estimate of drug-likeness (QED) is 0.303. The highest BCUT2D eigenvalue weighted by Crippen LogP contribution is 2.17. The molecule has 1 rings (SSSR count). The first-order valence-corrected chi connectivity index (χ1v) is 9.60. The fourth-order valence-corrected chi connectivity index (χ4v) is 2.37. The molecule has 160 valence electrons. The molecule has 0 atom stereocenters. The lowest BCUT2D eigenvalue weighted by atomic mass is 10.1. The Morgan fingerprint density at radius 2 is 1.43 bits per heavy atom. The number of hydrogen-bond donors (Lipinski definition) is 2. The van der Waals surface area contributed by atoms with Gasteiger partial charge in [0.1, 0.15) is 0 Å². The third kappa shape index (κ3) is 10.7. The second-order valence-electron chi connectivity index (χ2n) is 6.01. The Labute approximate surface area is 167 Å². The van der Waals surface area contributed by atoms with Crippen molar-refractivity contribution in [1.82, 2.24) is 5.32 Å². The van der Waals surface area contributed by atoms with Crippen LogP contribution in [0.2, 0.25) is 0 Å². The van der Waals surface area contributed by atoms with Crippen molar-refractivity contribution in [2.24, 2.45) is 5.73 Å². The Morgan fingerprint density at radius 1 is 0.893 bits per heavy atom. The highest BCUT2D eigenvalue weighted by molar-refractivity contribution is 5.94. The smallest absolute Gasteiger partial charge is 0.251 e. The van der Waals surface area contributed by atoms with E-state index in [1.165, 1.54) is 0 Å². The van der Waals surface area contributed by atoms with Crippen molar-refractivity contribution in [2.75, 3.05) is 67.0 Å². The van der Waals surface area contributed by atoms with Gasteiger partial charge in [-0.2, -0.15) is 0 Å². The third-order valence-corrected chi connectivity index (χ3v) is 3.86. The van der Waals surface area contributed by atoms with Gasteiger partial charge >= 0.3 is 0 Å². The summed E-state index contributed by atoms with van der Waals surface area (Å²) in [4.78, 5) is 12.1. The molecule has 0 aliphatic heterocycles. The number of methoxy groups -OCH3 is 2. The van der Waals surface area contributed by atoms with Gasteiger partial charge in [0.05, 0.1) is 26.4 Å². The van der Waals surface area contributed by atoms with Crippen molar-refractivity contribution in [3.05, 3.63) is 35.4 Å². The van der Waals surface area contributed by atoms with E-state index in [4.69, 9.17) is 29.4 Å². The largest absolute Gasteiger partial charge is 0.379 e. The summed E-state index contributed by atoms with van der Waals surface area (Å²) in [6.07, 6.45) is 1.18. The van der Waals surface area contributed by atoms with E-state index < -0.39 is 6.29 Å². The van der Waals surface area contributed by atoms with Gasteiger partial charge in [-0.1, -0.05) is 12.1 Å². The molecule has 0 radical (unpaired) electrons. The zero-order valence-electron chi connectivity index (χ0n) is 17.0. The van der Waals surface area contributed by atoms with Crippen molar-refractivity contribution in [3.8, 4) is 0 Å². The Hall–Kier alpha value is -1.55. The predicted molar refractivity (Wildman–Crippen MR) is 106 cm³/mol. The molecule has 8 nitrogen and oxygen atoms in total. The first kappa shape index (κ1) is 24.5. The van der Waals surface area contributed by atoms with Crippen LogP contribution in [-0.4, -0.2) is 72.9 Å². The number of amides is 1. The molecule has 0 bridgehead atoms. The Kier molecular flexibility index (Phi) is 14.4. The molecule has 0 heterocycles. The molecule has 0 aliphatic carbocycles. The van der Waals surface area contributed by atoms with E-state index in [2.05, 4.69) is 5.32 Å². The summed E-state index contributed by atoms with van der Waals surface area (Å²) in [6.45, 7) is 4.62. The summed E-state index contributed by atoms with van der Waals surface area (Å²) in [7, 11) is 3.14. The van der Waals surface area contributed by atoms with E-state index in [9.17, 15) is 4.79 Å². The van der Waals surface area contributed by atoms with Gasteiger partial charge in [-0.05, 0) is 31.5 Å². The van der Waals surface area contributed by atoms with Gasteiger partial charge in [-0.15, -0.1) is 0 Å². The Morgan fingerprint density at radius 3 is 1.96 bits per heavy atom. The summed E-state index contributed by atoms with van der Waals surface area (Å²) in [5, 5.41) is 2.87. The average molecular weight is 399 g/mol. The molecule has 1 amide bonds. The molecule has 3 N–H and O–H groups in total. The minimum absolute atomic E-state index is 0.115. The first-order chi connectivity index (χ1) is 13.7. The van der Waals surface area contributed by atoms with Gasteiger partial charge in [-0.3, -0.25) is 4.79 Å². The summed E-state index contributed by atoms with van der Waals surface area (Å²) in [6, 6.07) is 7.14. The van der Waals surface area contributed by atoms with Gasteiger partial charge in [0.2, 0.25) is 0 Å². The first-order valence-electron chi connectivity index (χ1n) is 9.60. The van der Waals surface area contributed by atoms with Crippen LogP contribution in [0, 0.1) is 0 Å². The van der Waals surface area contributed by atoms with Crippen LogP contribution < -0.4 is 11.1 Å². The van der Waals surface area contributed by atoms with Crippen molar-refractivity contribution in [1.29, 1.82) is 0 Å². The topological polar surface area (TPSA) is 101 Å². The summed E-state index contributed by atoms with van der Waals surface area (Å²) < 4.78 is 26.6.